The minimum Gasteiger partial charge on any atom is -0.494 e. The summed E-state index contributed by atoms with van der Waals surface area (Å²) < 4.78 is 5.41. The van der Waals surface area contributed by atoms with Gasteiger partial charge in [0.25, 0.3) is 0 Å². The Morgan fingerprint density at radius 3 is 2.55 bits per heavy atom. The zero-order chi connectivity index (χ0) is 21.8. The number of carbonyl (C=O) groups is 3. The van der Waals surface area contributed by atoms with Crippen LogP contribution >= 0.6 is 11.8 Å². The smallest absolute Gasteiger partial charge is 0.247 e. The highest BCUT2D eigenvalue weighted by atomic mass is 32.2. The van der Waals surface area contributed by atoms with Crippen LogP contribution in [0.2, 0.25) is 0 Å². The highest BCUT2D eigenvalue weighted by Gasteiger charge is 2.37. The van der Waals surface area contributed by atoms with Crippen molar-refractivity contribution < 1.29 is 19.1 Å². The molecular formula is C23H25N3O4S. The third kappa shape index (κ3) is 4.85. The van der Waals surface area contributed by atoms with Crippen LogP contribution in [0.5, 0.6) is 5.75 Å². The molecule has 3 amide bonds. The van der Waals surface area contributed by atoms with E-state index in [0.717, 1.165) is 22.0 Å². The van der Waals surface area contributed by atoms with Gasteiger partial charge in [-0.15, -0.1) is 11.8 Å². The highest BCUT2D eigenvalue weighted by Crippen LogP contribution is 2.36. The minimum atomic E-state index is -0.788. The molecule has 2 aliphatic heterocycles. The second-order valence-corrected chi connectivity index (χ2v) is 8.68. The predicted octanol–water partition coefficient (Wildman–Crippen LogP) is 3.38. The molecule has 2 N–H and O–H groups in total. The summed E-state index contributed by atoms with van der Waals surface area (Å²) in [6.45, 7) is 3.44. The highest BCUT2D eigenvalue weighted by molar-refractivity contribution is 8.01. The average Bonchev–Trinajstić information content (AvgIpc) is 2.79. The van der Waals surface area contributed by atoms with Gasteiger partial charge in [-0.25, -0.2) is 0 Å². The largest absolute Gasteiger partial charge is 0.494 e. The summed E-state index contributed by atoms with van der Waals surface area (Å²) in [6.07, 6.45) is 1.15. The molecule has 2 aromatic rings. The van der Waals surface area contributed by atoms with Crippen LogP contribution < -0.4 is 15.4 Å². The summed E-state index contributed by atoms with van der Waals surface area (Å²) in [5.74, 6) is 0.0742. The lowest BCUT2D eigenvalue weighted by atomic mass is 9.95. The van der Waals surface area contributed by atoms with Crippen LogP contribution in [-0.4, -0.2) is 47.6 Å². The van der Waals surface area contributed by atoms with Gasteiger partial charge in [0.2, 0.25) is 17.7 Å². The monoisotopic (exact) mass is 439 g/mol. The van der Waals surface area contributed by atoms with E-state index in [1.807, 2.05) is 55.5 Å². The second kappa shape index (κ2) is 9.43. The van der Waals surface area contributed by atoms with E-state index >= 15 is 0 Å². The Kier molecular flexibility index (Phi) is 6.46. The number of nitrogens with zero attached hydrogens (tertiary/aromatic N) is 1. The Morgan fingerprint density at radius 1 is 1.13 bits per heavy atom. The normalized spacial score (nSPS) is 18.7. The molecule has 2 aliphatic rings. The molecule has 31 heavy (non-hydrogen) atoms. The molecule has 8 heteroatoms. The first kappa shape index (κ1) is 21.2. The number of fused-ring (bicyclic) bond motifs is 1. The molecule has 2 heterocycles. The maximum Gasteiger partial charge on any atom is 0.247 e. The lowest BCUT2D eigenvalue weighted by molar-refractivity contribution is -0.136. The number of benzene rings is 2. The van der Waals surface area contributed by atoms with Crippen molar-refractivity contribution in [2.24, 2.45) is 5.92 Å². The number of para-hydroxylation sites is 1. The van der Waals surface area contributed by atoms with Crippen molar-refractivity contribution in [2.75, 3.05) is 30.3 Å². The second-order valence-electron chi connectivity index (χ2n) is 7.53. The zero-order valence-corrected chi connectivity index (χ0v) is 18.1. The fourth-order valence-electron chi connectivity index (χ4n) is 3.79. The summed E-state index contributed by atoms with van der Waals surface area (Å²) in [5.41, 5.74) is 1.46. The molecule has 1 fully saturated rings. The zero-order valence-electron chi connectivity index (χ0n) is 17.3. The van der Waals surface area contributed by atoms with Crippen molar-refractivity contribution in [1.29, 1.82) is 0 Å². The van der Waals surface area contributed by atoms with E-state index in [-0.39, 0.29) is 23.6 Å². The van der Waals surface area contributed by atoms with Crippen LogP contribution in [0.25, 0.3) is 0 Å². The summed E-state index contributed by atoms with van der Waals surface area (Å²) in [4.78, 5) is 40.6. The predicted molar refractivity (Wildman–Crippen MR) is 120 cm³/mol. The van der Waals surface area contributed by atoms with Crippen molar-refractivity contribution in [3.8, 4) is 5.75 Å². The molecule has 2 aromatic carbocycles. The number of hydrogen-bond donors (Lipinski definition) is 2. The first-order valence-corrected chi connectivity index (χ1v) is 11.3. The van der Waals surface area contributed by atoms with Gasteiger partial charge in [-0.1, -0.05) is 12.1 Å². The number of carbonyl (C=O) groups excluding carboxylic acids is 3. The Bertz CT molecular complexity index is 971. The standard InChI is InChI=1S/C23H25N3O4S/c1-2-30-17-9-7-16(8-10-17)24-21(27)15-11-13-26(14-12-15)23(29)20-22(28)25-18-5-3-4-6-19(18)31-20/h3-10,15,20H,2,11-14H2,1H3,(H,24,27)(H,25,28)/t20-/m1/s1. The van der Waals surface area contributed by atoms with E-state index in [0.29, 0.717) is 32.5 Å². The van der Waals surface area contributed by atoms with E-state index in [4.69, 9.17) is 4.74 Å². The van der Waals surface area contributed by atoms with Crippen molar-refractivity contribution in [3.63, 3.8) is 0 Å². The first-order chi connectivity index (χ1) is 15.0. The van der Waals surface area contributed by atoms with E-state index in [1.165, 1.54) is 11.8 Å². The van der Waals surface area contributed by atoms with Crippen LogP contribution in [0.1, 0.15) is 19.8 Å². The molecule has 1 atom stereocenters. The van der Waals surface area contributed by atoms with Crippen LogP contribution in [0.15, 0.2) is 53.4 Å². The van der Waals surface area contributed by atoms with Crippen LogP contribution in [0, 0.1) is 5.92 Å². The van der Waals surface area contributed by atoms with Gasteiger partial charge < -0.3 is 20.3 Å². The van der Waals surface area contributed by atoms with Gasteiger partial charge in [0.1, 0.15) is 5.75 Å². The number of nitrogens with one attached hydrogen (secondary N) is 2. The SMILES string of the molecule is CCOc1ccc(NC(=O)C2CCN(C(=O)[C@@H]3Sc4ccccc4NC3=O)CC2)cc1. The van der Waals surface area contributed by atoms with Gasteiger partial charge >= 0.3 is 0 Å². The maximum atomic E-state index is 13.0. The van der Waals surface area contributed by atoms with Crippen molar-refractivity contribution in [2.45, 2.75) is 29.9 Å². The average molecular weight is 440 g/mol. The van der Waals surface area contributed by atoms with E-state index in [1.54, 1.807) is 4.90 Å². The van der Waals surface area contributed by atoms with Gasteiger partial charge in [-0.2, -0.15) is 0 Å². The Labute approximate surface area is 185 Å². The van der Waals surface area contributed by atoms with E-state index in [9.17, 15) is 14.4 Å². The molecule has 0 spiro atoms. The number of anilines is 2. The Hall–Kier alpha value is -3.00. The molecule has 0 radical (unpaired) electrons. The van der Waals surface area contributed by atoms with Gasteiger partial charge in [0.05, 0.1) is 12.3 Å². The summed E-state index contributed by atoms with van der Waals surface area (Å²) in [7, 11) is 0. The number of thioether (sulfide) groups is 1. The van der Waals surface area contributed by atoms with Crippen molar-refractivity contribution >= 4 is 40.9 Å². The molecule has 0 aliphatic carbocycles. The van der Waals surface area contributed by atoms with E-state index in [2.05, 4.69) is 10.6 Å². The molecule has 162 valence electrons. The lowest BCUT2D eigenvalue weighted by Crippen LogP contribution is -2.48. The molecule has 0 unspecified atom stereocenters. The van der Waals surface area contributed by atoms with Gasteiger partial charge in [0, 0.05) is 29.6 Å². The Morgan fingerprint density at radius 2 is 1.84 bits per heavy atom. The molecule has 7 nitrogen and oxygen atoms in total. The van der Waals surface area contributed by atoms with Gasteiger partial charge in [-0.05, 0) is 56.2 Å². The topological polar surface area (TPSA) is 87.7 Å². The maximum absolute atomic E-state index is 13.0. The van der Waals surface area contributed by atoms with Crippen molar-refractivity contribution in [3.05, 3.63) is 48.5 Å². The number of hydrogen-bond acceptors (Lipinski definition) is 5. The summed E-state index contributed by atoms with van der Waals surface area (Å²) in [6, 6.07) is 14.8. The fourth-order valence-corrected chi connectivity index (χ4v) is 4.86. The number of rotatable bonds is 5. The molecular weight excluding hydrogens is 414 g/mol. The minimum absolute atomic E-state index is 0.0463. The molecule has 0 saturated carbocycles. The number of likely N-dealkylation sites (tertiary alicyclic amines) is 1. The summed E-state index contributed by atoms with van der Waals surface area (Å²) >= 11 is 1.29. The number of piperidine rings is 1. The number of ether oxygens (including phenoxy) is 1. The Balaban J connectivity index is 1.30. The third-order valence-corrected chi connectivity index (χ3v) is 6.72. The molecule has 1 saturated heterocycles. The third-order valence-electron chi connectivity index (χ3n) is 5.46. The quantitative estimate of drug-likeness (QED) is 0.698. The van der Waals surface area contributed by atoms with Crippen LogP contribution in [-0.2, 0) is 14.4 Å². The van der Waals surface area contributed by atoms with Crippen molar-refractivity contribution in [1.82, 2.24) is 4.90 Å². The van der Waals surface area contributed by atoms with Gasteiger partial charge in [-0.3, -0.25) is 14.4 Å². The molecule has 4 rings (SSSR count). The van der Waals surface area contributed by atoms with Crippen LogP contribution in [0.4, 0.5) is 11.4 Å². The first-order valence-electron chi connectivity index (χ1n) is 10.4. The summed E-state index contributed by atoms with van der Waals surface area (Å²) in [5, 5.41) is 4.97. The molecule has 0 aromatic heterocycles. The van der Waals surface area contributed by atoms with E-state index < -0.39 is 5.25 Å². The van der Waals surface area contributed by atoms with Gasteiger partial charge in [0.15, 0.2) is 5.25 Å². The lowest BCUT2D eigenvalue weighted by Gasteiger charge is -2.34. The van der Waals surface area contributed by atoms with Crippen LogP contribution in [0.3, 0.4) is 0 Å². The fraction of sp³-hybridized carbons (Fsp3) is 0.348. The molecule has 0 bridgehead atoms. The number of amides is 3.